The van der Waals surface area contributed by atoms with Crippen molar-refractivity contribution in [1.82, 2.24) is 4.90 Å². The lowest BCUT2D eigenvalue weighted by Gasteiger charge is -2.14. The van der Waals surface area contributed by atoms with Crippen LogP contribution < -0.4 is 10.5 Å². The van der Waals surface area contributed by atoms with Gasteiger partial charge in [-0.15, -0.1) is 0 Å². The fourth-order valence-electron chi connectivity index (χ4n) is 3.51. The number of hydrogen-bond acceptors (Lipinski definition) is 5. The Labute approximate surface area is 184 Å². The largest absolute Gasteiger partial charge is 0.322 e. The molecule has 0 saturated carbocycles. The number of primary sulfonamides is 1. The molecule has 0 aromatic heterocycles. The molecule has 3 aromatic carbocycles. The molecule has 0 bridgehead atoms. The number of nitrogens with two attached hydrogens (primary N) is 1. The van der Waals surface area contributed by atoms with Gasteiger partial charge in [0.2, 0.25) is 10.0 Å². The van der Waals surface area contributed by atoms with E-state index in [1.807, 2.05) is 0 Å². The molecule has 162 valence electrons. The average Bonchev–Trinajstić information content (AvgIpc) is 3.00. The van der Waals surface area contributed by atoms with Crippen molar-refractivity contribution in [2.45, 2.75) is 18.4 Å². The molecule has 9 heteroatoms. The number of hydrogen-bond donors (Lipinski definition) is 2. The average molecular weight is 449 g/mol. The minimum atomic E-state index is -3.91. The minimum absolute atomic E-state index is 0.0633. The summed E-state index contributed by atoms with van der Waals surface area (Å²) in [4.78, 5) is 38.7. The summed E-state index contributed by atoms with van der Waals surface area (Å²) < 4.78 is 23.3. The Balaban J connectivity index is 1.47. The summed E-state index contributed by atoms with van der Waals surface area (Å²) in [6.45, 7) is 1.70. The van der Waals surface area contributed by atoms with E-state index in [-0.39, 0.29) is 23.3 Å². The van der Waals surface area contributed by atoms with Crippen molar-refractivity contribution in [2.24, 2.45) is 5.14 Å². The molecule has 0 fully saturated rings. The Morgan fingerprint density at radius 2 is 1.53 bits per heavy atom. The van der Waals surface area contributed by atoms with Gasteiger partial charge < -0.3 is 5.32 Å². The zero-order chi connectivity index (χ0) is 23.0. The van der Waals surface area contributed by atoms with E-state index in [9.17, 15) is 22.8 Å². The number of amides is 3. The second kappa shape index (κ2) is 8.03. The lowest BCUT2D eigenvalue weighted by molar-refractivity contribution is 0.0642. The fourth-order valence-corrected chi connectivity index (χ4v) is 4.32. The number of imide groups is 1. The predicted molar refractivity (Wildman–Crippen MR) is 118 cm³/mol. The lowest BCUT2D eigenvalue weighted by Crippen LogP contribution is -2.29. The first-order valence-electron chi connectivity index (χ1n) is 9.64. The maximum atomic E-state index is 12.6. The van der Waals surface area contributed by atoms with Gasteiger partial charge in [-0.05, 0) is 54.4 Å². The molecule has 3 amide bonds. The Morgan fingerprint density at radius 3 is 2.09 bits per heavy atom. The number of benzene rings is 3. The maximum absolute atomic E-state index is 12.6. The molecule has 32 heavy (non-hydrogen) atoms. The van der Waals surface area contributed by atoms with E-state index in [4.69, 9.17) is 5.14 Å². The van der Waals surface area contributed by atoms with Gasteiger partial charge in [0.05, 0.1) is 22.6 Å². The zero-order valence-corrected chi connectivity index (χ0v) is 17.8. The summed E-state index contributed by atoms with van der Waals surface area (Å²) in [5.41, 5.74) is 2.54. The molecule has 3 N–H and O–H groups in total. The normalized spacial score (nSPS) is 13.2. The molecular weight excluding hydrogens is 430 g/mol. The van der Waals surface area contributed by atoms with E-state index in [2.05, 4.69) is 5.32 Å². The van der Waals surface area contributed by atoms with Gasteiger partial charge in [0.15, 0.2) is 0 Å². The van der Waals surface area contributed by atoms with E-state index >= 15 is 0 Å². The first-order chi connectivity index (χ1) is 15.1. The maximum Gasteiger partial charge on any atom is 0.261 e. The van der Waals surface area contributed by atoms with Crippen LogP contribution in [0.3, 0.4) is 0 Å². The standard InChI is InChI=1S/C23H19N3O5S/c1-14-6-11-17(12-20(14)32(24,30)31)25-21(27)16-9-7-15(8-10-16)13-26-22(28)18-4-2-3-5-19(18)23(26)29/h2-12H,13H2,1H3,(H,25,27)(H2,24,30,31). The lowest BCUT2D eigenvalue weighted by atomic mass is 10.1. The smallest absolute Gasteiger partial charge is 0.261 e. The number of rotatable bonds is 5. The van der Waals surface area contributed by atoms with E-state index < -0.39 is 15.9 Å². The highest BCUT2D eigenvalue weighted by atomic mass is 32.2. The molecule has 3 aromatic rings. The molecular formula is C23H19N3O5S. The Morgan fingerprint density at radius 1 is 0.938 bits per heavy atom. The third-order valence-corrected chi connectivity index (χ3v) is 6.24. The number of fused-ring (bicyclic) bond motifs is 1. The van der Waals surface area contributed by atoms with E-state index in [0.717, 1.165) is 0 Å². The van der Waals surface area contributed by atoms with Crippen LogP contribution in [-0.2, 0) is 16.6 Å². The third kappa shape index (κ3) is 4.03. The summed E-state index contributed by atoms with van der Waals surface area (Å²) >= 11 is 0. The molecule has 4 rings (SSSR count). The van der Waals surface area contributed by atoms with E-state index in [0.29, 0.717) is 33.5 Å². The van der Waals surface area contributed by atoms with Crippen LogP contribution in [-0.4, -0.2) is 31.0 Å². The second-order valence-corrected chi connectivity index (χ2v) is 8.95. The molecule has 0 atom stereocenters. The molecule has 1 aliphatic rings. The summed E-state index contributed by atoms with van der Waals surface area (Å²) in [5.74, 6) is -1.14. The number of carbonyl (C=O) groups excluding carboxylic acids is 3. The van der Waals surface area contributed by atoms with Crippen LogP contribution in [0.1, 0.15) is 42.2 Å². The highest BCUT2D eigenvalue weighted by molar-refractivity contribution is 7.89. The van der Waals surface area contributed by atoms with Crippen LogP contribution in [0.25, 0.3) is 0 Å². The molecule has 0 saturated heterocycles. The van der Waals surface area contributed by atoms with Gasteiger partial charge in [-0.1, -0.05) is 30.3 Å². The van der Waals surface area contributed by atoms with Crippen molar-refractivity contribution in [2.75, 3.05) is 5.32 Å². The number of nitrogens with zero attached hydrogens (tertiary/aromatic N) is 1. The van der Waals surface area contributed by atoms with Gasteiger partial charge in [0, 0.05) is 11.3 Å². The molecule has 0 aliphatic carbocycles. The first-order valence-corrected chi connectivity index (χ1v) is 11.2. The van der Waals surface area contributed by atoms with Crippen LogP contribution >= 0.6 is 0 Å². The topological polar surface area (TPSA) is 127 Å². The molecule has 1 heterocycles. The van der Waals surface area contributed by atoms with Crippen molar-refractivity contribution in [3.05, 3.63) is 94.5 Å². The van der Waals surface area contributed by atoms with Crippen LogP contribution in [0.5, 0.6) is 0 Å². The van der Waals surface area contributed by atoms with Gasteiger partial charge in [-0.2, -0.15) is 0 Å². The van der Waals surface area contributed by atoms with Gasteiger partial charge in [-0.25, -0.2) is 13.6 Å². The van der Waals surface area contributed by atoms with Crippen LogP contribution in [0, 0.1) is 6.92 Å². The van der Waals surface area contributed by atoms with Crippen molar-refractivity contribution in [3.8, 4) is 0 Å². The van der Waals surface area contributed by atoms with Crippen molar-refractivity contribution in [3.63, 3.8) is 0 Å². The van der Waals surface area contributed by atoms with Gasteiger partial charge in [0.1, 0.15) is 0 Å². The van der Waals surface area contributed by atoms with Crippen LogP contribution in [0.15, 0.2) is 71.6 Å². The quantitative estimate of drug-likeness (QED) is 0.579. The SMILES string of the molecule is Cc1ccc(NC(=O)c2ccc(CN3C(=O)c4ccccc4C3=O)cc2)cc1S(N)(=O)=O. The van der Waals surface area contributed by atoms with E-state index in [1.54, 1.807) is 67.6 Å². The summed E-state index contributed by atoms with van der Waals surface area (Å²) in [5, 5.41) is 7.85. The van der Waals surface area contributed by atoms with Gasteiger partial charge in [-0.3, -0.25) is 19.3 Å². The Kier molecular flexibility index (Phi) is 5.37. The number of nitrogens with one attached hydrogen (secondary N) is 1. The third-order valence-electron chi connectivity index (χ3n) is 5.19. The molecule has 8 nitrogen and oxygen atoms in total. The molecule has 0 radical (unpaired) electrons. The zero-order valence-electron chi connectivity index (χ0n) is 17.0. The molecule has 0 unspecified atom stereocenters. The monoisotopic (exact) mass is 449 g/mol. The number of aryl methyl sites for hydroxylation is 1. The Bertz CT molecular complexity index is 1330. The van der Waals surface area contributed by atoms with Gasteiger partial charge >= 0.3 is 0 Å². The second-order valence-electron chi connectivity index (χ2n) is 7.42. The van der Waals surface area contributed by atoms with Crippen molar-refractivity contribution in [1.29, 1.82) is 0 Å². The van der Waals surface area contributed by atoms with Crippen LogP contribution in [0.4, 0.5) is 5.69 Å². The Hall–Kier alpha value is -3.82. The first kappa shape index (κ1) is 21.4. The molecule has 1 aliphatic heterocycles. The minimum Gasteiger partial charge on any atom is -0.322 e. The highest BCUT2D eigenvalue weighted by Crippen LogP contribution is 2.24. The highest BCUT2D eigenvalue weighted by Gasteiger charge is 2.34. The van der Waals surface area contributed by atoms with Crippen molar-refractivity contribution >= 4 is 33.4 Å². The number of anilines is 1. The predicted octanol–water partition coefficient (Wildman–Crippen LogP) is 2.69. The summed E-state index contributed by atoms with van der Waals surface area (Å²) in [6, 6.07) is 17.5. The van der Waals surface area contributed by atoms with Crippen LogP contribution in [0.2, 0.25) is 0 Å². The number of sulfonamides is 1. The number of carbonyl (C=O) groups is 3. The fraction of sp³-hybridized carbons (Fsp3) is 0.0870. The summed E-state index contributed by atoms with van der Waals surface area (Å²) in [7, 11) is -3.91. The van der Waals surface area contributed by atoms with Gasteiger partial charge in [0.25, 0.3) is 17.7 Å². The molecule has 0 spiro atoms. The van der Waals surface area contributed by atoms with Crippen molar-refractivity contribution < 1.29 is 22.8 Å². The van der Waals surface area contributed by atoms with E-state index in [1.165, 1.54) is 11.0 Å². The summed E-state index contributed by atoms with van der Waals surface area (Å²) in [6.07, 6.45) is 0.